The van der Waals surface area contributed by atoms with Gasteiger partial charge in [0.15, 0.2) is 0 Å². The number of aromatic nitrogens is 1. The summed E-state index contributed by atoms with van der Waals surface area (Å²) >= 11 is 1.57. The SMILES string of the molecule is O=c1c2ccsc2ccn1CCNc1ccc(F)cc1. The Morgan fingerprint density at radius 1 is 1.15 bits per heavy atom. The second-order valence-corrected chi connectivity index (χ2v) is 5.39. The number of thiophene rings is 1. The topological polar surface area (TPSA) is 34.0 Å². The zero-order valence-electron chi connectivity index (χ0n) is 10.7. The van der Waals surface area contributed by atoms with Crippen molar-refractivity contribution < 1.29 is 4.39 Å². The highest BCUT2D eigenvalue weighted by Crippen LogP contribution is 2.16. The minimum atomic E-state index is -0.255. The molecule has 0 aliphatic heterocycles. The standard InChI is InChI=1S/C15H13FN2OS/c16-11-1-3-12(4-2-11)17-7-9-18-8-5-14-13(15(18)19)6-10-20-14/h1-6,8,10,17H,7,9H2. The van der Waals surface area contributed by atoms with Crippen LogP contribution in [0.25, 0.3) is 10.1 Å². The molecule has 0 spiro atoms. The lowest BCUT2D eigenvalue weighted by Crippen LogP contribution is -2.22. The molecule has 0 amide bonds. The molecule has 5 heteroatoms. The Morgan fingerprint density at radius 2 is 1.95 bits per heavy atom. The molecule has 0 aliphatic carbocycles. The molecule has 0 unspecified atom stereocenters. The van der Waals surface area contributed by atoms with Crippen molar-refractivity contribution in [1.82, 2.24) is 4.57 Å². The summed E-state index contributed by atoms with van der Waals surface area (Å²) in [4.78, 5) is 12.2. The summed E-state index contributed by atoms with van der Waals surface area (Å²) in [6.45, 7) is 1.18. The smallest absolute Gasteiger partial charge is 0.259 e. The quantitative estimate of drug-likeness (QED) is 0.799. The number of halogens is 1. The molecule has 0 aliphatic rings. The highest BCUT2D eigenvalue weighted by atomic mass is 32.1. The zero-order valence-corrected chi connectivity index (χ0v) is 11.5. The molecule has 0 saturated heterocycles. The number of benzene rings is 1. The van der Waals surface area contributed by atoms with E-state index in [2.05, 4.69) is 5.32 Å². The highest BCUT2D eigenvalue weighted by Gasteiger charge is 2.03. The fraction of sp³-hybridized carbons (Fsp3) is 0.133. The molecule has 102 valence electrons. The summed E-state index contributed by atoms with van der Waals surface area (Å²) in [7, 11) is 0. The molecule has 2 heterocycles. The van der Waals surface area contributed by atoms with Crippen LogP contribution in [0.2, 0.25) is 0 Å². The van der Waals surface area contributed by atoms with Gasteiger partial charge in [-0.25, -0.2) is 4.39 Å². The molecule has 3 rings (SSSR count). The van der Waals surface area contributed by atoms with Crippen LogP contribution in [-0.4, -0.2) is 11.1 Å². The highest BCUT2D eigenvalue weighted by molar-refractivity contribution is 7.17. The Hall–Kier alpha value is -2.14. The average Bonchev–Trinajstić information content (AvgIpc) is 2.93. The first-order chi connectivity index (χ1) is 9.74. The van der Waals surface area contributed by atoms with Crippen molar-refractivity contribution in [3.05, 3.63) is 64.1 Å². The van der Waals surface area contributed by atoms with Crippen molar-refractivity contribution in [3.8, 4) is 0 Å². The Morgan fingerprint density at radius 3 is 2.75 bits per heavy atom. The second kappa shape index (κ2) is 5.46. The first kappa shape index (κ1) is 12.9. The van der Waals surface area contributed by atoms with E-state index in [0.717, 1.165) is 15.8 Å². The molecule has 0 radical (unpaired) electrons. The van der Waals surface area contributed by atoms with Gasteiger partial charge >= 0.3 is 0 Å². The van der Waals surface area contributed by atoms with Crippen molar-refractivity contribution in [2.75, 3.05) is 11.9 Å². The maximum Gasteiger partial charge on any atom is 0.259 e. The Kier molecular flexibility index (Phi) is 3.52. The minimum Gasteiger partial charge on any atom is -0.383 e. The van der Waals surface area contributed by atoms with E-state index in [1.807, 2.05) is 23.7 Å². The fourth-order valence-electron chi connectivity index (χ4n) is 2.07. The van der Waals surface area contributed by atoms with E-state index in [0.29, 0.717) is 13.1 Å². The van der Waals surface area contributed by atoms with Crippen molar-refractivity contribution in [2.24, 2.45) is 0 Å². The van der Waals surface area contributed by atoms with Crippen LogP contribution in [0.5, 0.6) is 0 Å². The normalized spacial score (nSPS) is 10.8. The number of fused-ring (bicyclic) bond motifs is 1. The number of rotatable bonds is 4. The zero-order chi connectivity index (χ0) is 13.9. The van der Waals surface area contributed by atoms with Gasteiger partial charge in [0, 0.05) is 29.7 Å². The van der Waals surface area contributed by atoms with Crippen molar-refractivity contribution >= 4 is 27.1 Å². The summed E-state index contributed by atoms with van der Waals surface area (Å²) < 4.78 is 15.5. The lowest BCUT2D eigenvalue weighted by molar-refractivity contribution is 0.628. The molecule has 0 atom stereocenters. The molecule has 0 bridgehead atoms. The maximum atomic E-state index is 12.8. The molecule has 2 aromatic heterocycles. The van der Waals surface area contributed by atoms with E-state index in [4.69, 9.17) is 0 Å². The van der Waals surface area contributed by atoms with Crippen LogP contribution in [0, 0.1) is 5.82 Å². The third kappa shape index (κ3) is 2.58. The molecule has 3 aromatic rings. The van der Waals surface area contributed by atoms with E-state index < -0.39 is 0 Å². The molecule has 20 heavy (non-hydrogen) atoms. The van der Waals surface area contributed by atoms with Gasteiger partial charge in [-0.1, -0.05) is 0 Å². The third-order valence-corrected chi connectivity index (χ3v) is 4.00. The second-order valence-electron chi connectivity index (χ2n) is 4.45. The number of hydrogen-bond donors (Lipinski definition) is 1. The molecule has 0 fully saturated rings. The summed E-state index contributed by atoms with van der Waals surface area (Å²) in [6.07, 6.45) is 1.81. The summed E-state index contributed by atoms with van der Waals surface area (Å²) in [5.41, 5.74) is 0.876. The van der Waals surface area contributed by atoms with E-state index >= 15 is 0 Å². The Balaban J connectivity index is 1.69. The molecular weight excluding hydrogens is 275 g/mol. The van der Waals surface area contributed by atoms with Gasteiger partial charge in [-0.05, 0) is 41.8 Å². The predicted octanol–water partition coefficient (Wildman–Crippen LogP) is 3.31. The van der Waals surface area contributed by atoms with Crippen LogP contribution in [0.15, 0.2) is 52.8 Å². The molecular formula is C15H13FN2OS. The van der Waals surface area contributed by atoms with Crippen LogP contribution >= 0.6 is 11.3 Å². The number of nitrogens with zero attached hydrogens (tertiary/aromatic N) is 1. The van der Waals surface area contributed by atoms with Gasteiger partial charge in [-0.2, -0.15) is 0 Å². The van der Waals surface area contributed by atoms with E-state index in [1.54, 1.807) is 28.0 Å². The predicted molar refractivity (Wildman–Crippen MR) is 81.0 cm³/mol. The van der Waals surface area contributed by atoms with Crippen LogP contribution in [0.3, 0.4) is 0 Å². The summed E-state index contributed by atoms with van der Waals surface area (Å²) in [5.74, 6) is -0.255. The van der Waals surface area contributed by atoms with E-state index in [1.165, 1.54) is 12.1 Å². The fourth-order valence-corrected chi connectivity index (χ4v) is 2.84. The average molecular weight is 288 g/mol. The van der Waals surface area contributed by atoms with Gasteiger partial charge in [0.25, 0.3) is 5.56 Å². The Labute approximate surface area is 119 Å². The van der Waals surface area contributed by atoms with Crippen LogP contribution in [0.1, 0.15) is 0 Å². The largest absolute Gasteiger partial charge is 0.383 e. The molecule has 3 nitrogen and oxygen atoms in total. The Bertz CT molecular complexity index is 776. The van der Waals surface area contributed by atoms with Gasteiger partial charge in [0.2, 0.25) is 0 Å². The van der Waals surface area contributed by atoms with Crippen molar-refractivity contribution in [3.63, 3.8) is 0 Å². The number of anilines is 1. The van der Waals surface area contributed by atoms with Crippen LogP contribution < -0.4 is 10.9 Å². The van der Waals surface area contributed by atoms with Gasteiger partial charge < -0.3 is 9.88 Å². The number of hydrogen-bond acceptors (Lipinski definition) is 3. The van der Waals surface area contributed by atoms with Crippen molar-refractivity contribution in [1.29, 1.82) is 0 Å². The van der Waals surface area contributed by atoms with E-state index in [9.17, 15) is 9.18 Å². The number of nitrogens with one attached hydrogen (secondary N) is 1. The number of pyridine rings is 1. The van der Waals surface area contributed by atoms with Gasteiger partial charge in [0.1, 0.15) is 5.82 Å². The van der Waals surface area contributed by atoms with Gasteiger partial charge in [-0.3, -0.25) is 4.79 Å². The first-order valence-corrected chi connectivity index (χ1v) is 7.18. The molecule has 1 N–H and O–H groups in total. The lowest BCUT2D eigenvalue weighted by atomic mass is 10.3. The minimum absolute atomic E-state index is 0.0321. The monoisotopic (exact) mass is 288 g/mol. The van der Waals surface area contributed by atoms with Crippen molar-refractivity contribution in [2.45, 2.75) is 6.54 Å². The molecule has 0 saturated carbocycles. The van der Waals surface area contributed by atoms with Gasteiger partial charge in [0.05, 0.1) is 5.39 Å². The lowest BCUT2D eigenvalue weighted by Gasteiger charge is -2.08. The summed E-state index contributed by atoms with van der Waals surface area (Å²) in [6, 6.07) is 9.99. The van der Waals surface area contributed by atoms with Crippen LogP contribution in [0.4, 0.5) is 10.1 Å². The van der Waals surface area contributed by atoms with Crippen LogP contribution in [-0.2, 0) is 6.54 Å². The molecule has 1 aromatic carbocycles. The maximum absolute atomic E-state index is 12.8. The summed E-state index contributed by atoms with van der Waals surface area (Å²) in [5, 5.41) is 5.85. The first-order valence-electron chi connectivity index (χ1n) is 6.30. The van der Waals surface area contributed by atoms with Gasteiger partial charge in [-0.15, -0.1) is 11.3 Å². The van der Waals surface area contributed by atoms with E-state index in [-0.39, 0.29) is 11.4 Å². The third-order valence-electron chi connectivity index (χ3n) is 3.12.